The Morgan fingerprint density at radius 3 is 2.44 bits per heavy atom. The molecule has 128 valence electrons. The zero-order valence-corrected chi connectivity index (χ0v) is 15.1. The third kappa shape index (κ3) is 3.36. The van der Waals surface area contributed by atoms with E-state index in [2.05, 4.69) is 0 Å². The molecule has 2 amide bonds. The zero-order chi connectivity index (χ0) is 18.0. The highest BCUT2D eigenvalue weighted by molar-refractivity contribution is 8.19. The van der Waals surface area contributed by atoms with Crippen LogP contribution in [0.2, 0.25) is 5.02 Å². The minimum Gasteiger partial charge on any atom is -0.493 e. The maximum absolute atomic E-state index is 12.7. The molecule has 0 saturated carbocycles. The number of hydrogen-bond acceptors (Lipinski definition) is 5. The molecule has 1 fully saturated rings. The Balaban J connectivity index is 1.95. The smallest absolute Gasteiger partial charge is 0.298 e. The molecular formula is C18H14ClNO4S. The average Bonchev–Trinajstić information content (AvgIpc) is 2.89. The van der Waals surface area contributed by atoms with Crippen molar-refractivity contribution in [2.75, 3.05) is 19.1 Å². The van der Waals surface area contributed by atoms with Gasteiger partial charge in [0.1, 0.15) is 0 Å². The molecule has 0 spiro atoms. The van der Waals surface area contributed by atoms with Gasteiger partial charge in [0.2, 0.25) is 0 Å². The van der Waals surface area contributed by atoms with Gasteiger partial charge in [-0.05, 0) is 47.7 Å². The SMILES string of the molecule is COc1ccc(/C=C2\SC(=O)N(c3ccccc3Cl)C2=O)cc1OC. The maximum atomic E-state index is 12.7. The first-order chi connectivity index (χ1) is 12.0. The number of amides is 2. The van der Waals surface area contributed by atoms with Crippen LogP contribution in [0, 0.1) is 0 Å². The summed E-state index contributed by atoms with van der Waals surface area (Å²) in [6.07, 6.45) is 1.64. The molecule has 0 radical (unpaired) electrons. The molecule has 0 bridgehead atoms. The number of carbonyl (C=O) groups excluding carboxylic acids is 2. The zero-order valence-electron chi connectivity index (χ0n) is 13.5. The number of carbonyl (C=O) groups is 2. The monoisotopic (exact) mass is 375 g/mol. The molecule has 0 unspecified atom stereocenters. The molecule has 1 aliphatic heterocycles. The van der Waals surface area contributed by atoms with Gasteiger partial charge in [0, 0.05) is 0 Å². The summed E-state index contributed by atoms with van der Waals surface area (Å²) < 4.78 is 10.4. The van der Waals surface area contributed by atoms with Crippen molar-refractivity contribution in [2.45, 2.75) is 0 Å². The number of para-hydroxylation sites is 1. The summed E-state index contributed by atoms with van der Waals surface area (Å²) in [4.78, 5) is 26.3. The highest BCUT2D eigenvalue weighted by Gasteiger charge is 2.37. The maximum Gasteiger partial charge on any atom is 0.298 e. The van der Waals surface area contributed by atoms with Gasteiger partial charge in [-0.25, -0.2) is 4.90 Å². The Hall–Kier alpha value is -2.44. The van der Waals surface area contributed by atoms with Gasteiger partial charge in [0.15, 0.2) is 11.5 Å². The lowest BCUT2D eigenvalue weighted by Gasteiger charge is -2.13. The summed E-state index contributed by atoms with van der Waals surface area (Å²) in [5.74, 6) is 0.725. The molecule has 7 heteroatoms. The van der Waals surface area contributed by atoms with Gasteiger partial charge in [-0.1, -0.05) is 29.8 Å². The summed E-state index contributed by atoms with van der Waals surface area (Å²) in [5.41, 5.74) is 1.10. The Kier molecular flexibility index (Phi) is 5.01. The van der Waals surface area contributed by atoms with Crippen LogP contribution in [0.15, 0.2) is 47.4 Å². The van der Waals surface area contributed by atoms with Crippen molar-refractivity contribution in [2.24, 2.45) is 0 Å². The van der Waals surface area contributed by atoms with Crippen LogP contribution in [0.5, 0.6) is 11.5 Å². The number of ether oxygens (including phenoxy) is 2. The topological polar surface area (TPSA) is 55.8 Å². The third-order valence-electron chi connectivity index (χ3n) is 3.59. The molecule has 1 aliphatic rings. The van der Waals surface area contributed by atoms with Gasteiger partial charge in [0.25, 0.3) is 11.1 Å². The lowest BCUT2D eigenvalue weighted by molar-refractivity contribution is -0.113. The van der Waals surface area contributed by atoms with E-state index in [1.54, 1.807) is 55.7 Å². The summed E-state index contributed by atoms with van der Waals surface area (Å²) >= 11 is 6.98. The minimum absolute atomic E-state index is 0.317. The van der Waals surface area contributed by atoms with Crippen molar-refractivity contribution in [1.29, 1.82) is 0 Å². The van der Waals surface area contributed by atoms with Gasteiger partial charge in [-0.3, -0.25) is 9.59 Å². The number of rotatable bonds is 4. The lowest BCUT2D eigenvalue weighted by Crippen LogP contribution is -2.27. The largest absolute Gasteiger partial charge is 0.493 e. The van der Waals surface area contributed by atoms with Crippen LogP contribution in [0.25, 0.3) is 6.08 Å². The third-order valence-corrected chi connectivity index (χ3v) is 4.78. The molecule has 3 rings (SSSR count). The van der Waals surface area contributed by atoms with E-state index in [1.807, 2.05) is 0 Å². The molecule has 0 N–H and O–H groups in total. The van der Waals surface area contributed by atoms with Gasteiger partial charge in [-0.15, -0.1) is 0 Å². The van der Waals surface area contributed by atoms with E-state index in [-0.39, 0.29) is 5.24 Å². The quantitative estimate of drug-likeness (QED) is 0.731. The first-order valence-corrected chi connectivity index (χ1v) is 8.49. The van der Waals surface area contributed by atoms with E-state index < -0.39 is 5.91 Å². The van der Waals surface area contributed by atoms with Gasteiger partial charge >= 0.3 is 0 Å². The standard InChI is InChI=1S/C18H14ClNO4S/c1-23-14-8-7-11(9-15(14)24-2)10-16-17(21)20(18(22)25-16)13-6-4-3-5-12(13)19/h3-10H,1-2H3/b16-10-. The molecule has 25 heavy (non-hydrogen) atoms. The second-order valence-electron chi connectivity index (χ2n) is 5.08. The number of halogens is 1. The normalized spacial score (nSPS) is 15.8. The van der Waals surface area contributed by atoms with Crippen LogP contribution < -0.4 is 14.4 Å². The van der Waals surface area contributed by atoms with Crippen molar-refractivity contribution in [3.63, 3.8) is 0 Å². The molecule has 5 nitrogen and oxygen atoms in total. The van der Waals surface area contributed by atoms with Gasteiger partial charge in [0.05, 0.1) is 29.8 Å². The van der Waals surface area contributed by atoms with Gasteiger partial charge in [-0.2, -0.15) is 0 Å². The van der Waals surface area contributed by atoms with E-state index >= 15 is 0 Å². The number of thioether (sulfide) groups is 1. The first-order valence-electron chi connectivity index (χ1n) is 7.29. The fourth-order valence-corrected chi connectivity index (χ4v) is 3.46. The van der Waals surface area contributed by atoms with Crippen LogP contribution in [0.3, 0.4) is 0 Å². The van der Waals surface area contributed by atoms with Crippen molar-refractivity contribution in [3.05, 3.63) is 58.0 Å². The molecule has 0 aliphatic carbocycles. The lowest BCUT2D eigenvalue weighted by atomic mass is 10.2. The summed E-state index contributed by atoms with van der Waals surface area (Å²) in [7, 11) is 3.08. The Labute approximate surface area is 154 Å². The molecule has 2 aromatic rings. The molecule has 0 atom stereocenters. The van der Waals surface area contributed by atoms with Crippen molar-refractivity contribution < 1.29 is 19.1 Å². The van der Waals surface area contributed by atoms with Crippen molar-refractivity contribution in [3.8, 4) is 11.5 Å². The fraction of sp³-hybridized carbons (Fsp3) is 0.111. The molecule has 2 aromatic carbocycles. The second kappa shape index (κ2) is 7.21. The molecular weight excluding hydrogens is 362 g/mol. The Bertz CT molecular complexity index is 881. The number of imide groups is 1. The summed E-state index contributed by atoms with van der Waals surface area (Å²) in [6, 6.07) is 12.0. The summed E-state index contributed by atoms with van der Waals surface area (Å²) in [6.45, 7) is 0. The van der Waals surface area contributed by atoms with Crippen molar-refractivity contribution >= 4 is 46.3 Å². The second-order valence-corrected chi connectivity index (χ2v) is 6.48. The molecule has 1 heterocycles. The molecule has 1 saturated heterocycles. The number of nitrogens with zero attached hydrogens (tertiary/aromatic N) is 1. The van der Waals surface area contributed by atoms with Crippen LogP contribution in [0.4, 0.5) is 10.5 Å². The number of benzene rings is 2. The number of hydrogen-bond donors (Lipinski definition) is 0. The number of methoxy groups -OCH3 is 2. The number of anilines is 1. The predicted octanol–water partition coefficient (Wildman–Crippen LogP) is 4.60. The van der Waals surface area contributed by atoms with E-state index in [9.17, 15) is 9.59 Å². The Morgan fingerprint density at radius 1 is 1.04 bits per heavy atom. The van der Waals surface area contributed by atoms with E-state index in [0.29, 0.717) is 27.1 Å². The molecule has 0 aromatic heterocycles. The minimum atomic E-state index is -0.405. The van der Waals surface area contributed by atoms with E-state index in [0.717, 1.165) is 22.2 Å². The van der Waals surface area contributed by atoms with Crippen LogP contribution in [-0.4, -0.2) is 25.4 Å². The Morgan fingerprint density at radius 2 is 1.76 bits per heavy atom. The van der Waals surface area contributed by atoms with E-state index in [1.165, 1.54) is 7.11 Å². The fourth-order valence-electron chi connectivity index (χ4n) is 2.40. The highest BCUT2D eigenvalue weighted by atomic mass is 35.5. The predicted molar refractivity (Wildman–Crippen MR) is 99.4 cm³/mol. The average molecular weight is 376 g/mol. The first kappa shape index (κ1) is 17.4. The van der Waals surface area contributed by atoms with Crippen molar-refractivity contribution in [1.82, 2.24) is 0 Å². The van der Waals surface area contributed by atoms with Crippen LogP contribution in [0.1, 0.15) is 5.56 Å². The van der Waals surface area contributed by atoms with Crippen LogP contribution in [-0.2, 0) is 4.79 Å². The van der Waals surface area contributed by atoms with Gasteiger partial charge < -0.3 is 9.47 Å². The highest BCUT2D eigenvalue weighted by Crippen LogP contribution is 2.39. The summed E-state index contributed by atoms with van der Waals surface area (Å²) in [5, 5.41) is -0.0398. The van der Waals surface area contributed by atoms with Crippen LogP contribution >= 0.6 is 23.4 Å². The van der Waals surface area contributed by atoms with E-state index in [4.69, 9.17) is 21.1 Å².